The fourth-order valence-corrected chi connectivity index (χ4v) is 2.27. The van der Waals surface area contributed by atoms with Crippen LogP contribution >= 0.6 is 0 Å². The summed E-state index contributed by atoms with van der Waals surface area (Å²) in [5.74, 6) is -0.118. The van der Waals surface area contributed by atoms with Crippen molar-refractivity contribution in [1.82, 2.24) is 0 Å². The van der Waals surface area contributed by atoms with Crippen LogP contribution in [0.3, 0.4) is 0 Å². The van der Waals surface area contributed by atoms with E-state index in [1.165, 1.54) is 12.1 Å². The van der Waals surface area contributed by atoms with Crippen molar-refractivity contribution in [3.63, 3.8) is 0 Å². The predicted octanol–water partition coefficient (Wildman–Crippen LogP) is -1.93. The van der Waals surface area contributed by atoms with E-state index in [-0.39, 0.29) is 11.5 Å². The third-order valence-corrected chi connectivity index (χ3v) is 3.55. The van der Waals surface area contributed by atoms with E-state index in [0.29, 0.717) is 13.0 Å². The zero-order valence-electron chi connectivity index (χ0n) is 11.9. The summed E-state index contributed by atoms with van der Waals surface area (Å²) in [6.45, 7) is -0.113. The molecule has 0 amide bonds. The summed E-state index contributed by atoms with van der Waals surface area (Å²) in [7, 11) is 0. The first kappa shape index (κ1) is 16.9. The molecule has 7 N–H and O–H groups in total. The van der Waals surface area contributed by atoms with E-state index in [2.05, 4.69) is 0 Å². The maximum Gasteiger partial charge on any atom is 0.229 e. The molecule has 0 bridgehead atoms. The first-order valence-electron chi connectivity index (χ1n) is 6.97. The summed E-state index contributed by atoms with van der Waals surface area (Å²) in [4.78, 5) is 0. The zero-order chi connectivity index (χ0) is 16.3. The molecule has 1 aromatic rings. The Morgan fingerprint density at radius 2 is 1.86 bits per heavy atom. The summed E-state index contributed by atoms with van der Waals surface area (Å²) in [5, 5.41) is 48.3. The number of ether oxygens (including phenoxy) is 2. The topological polar surface area (TPSA) is 146 Å². The van der Waals surface area contributed by atoms with Crippen molar-refractivity contribution in [2.75, 3.05) is 13.2 Å². The van der Waals surface area contributed by atoms with Gasteiger partial charge in [-0.05, 0) is 30.7 Å². The number of phenols is 1. The third-order valence-electron chi connectivity index (χ3n) is 3.55. The van der Waals surface area contributed by atoms with E-state index in [4.69, 9.17) is 20.3 Å². The quantitative estimate of drug-likeness (QED) is 0.368. The number of benzene rings is 1. The lowest BCUT2D eigenvalue weighted by atomic mass is 9.99. The number of aliphatic hydroxyl groups excluding tert-OH is 4. The van der Waals surface area contributed by atoms with Crippen molar-refractivity contribution < 1.29 is 35.0 Å². The normalized spacial score (nSPS) is 32.0. The number of hydrogen-bond donors (Lipinski definition) is 6. The van der Waals surface area contributed by atoms with E-state index in [9.17, 15) is 20.4 Å². The van der Waals surface area contributed by atoms with Gasteiger partial charge in [0.25, 0.3) is 0 Å². The molecular formula is C14H21NO7. The van der Waals surface area contributed by atoms with E-state index in [1.807, 2.05) is 0 Å². The van der Waals surface area contributed by atoms with Crippen molar-refractivity contribution in [1.29, 1.82) is 0 Å². The second kappa shape index (κ2) is 7.23. The lowest BCUT2D eigenvalue weighted by Crippen LogP contribution is -2.60. The third kappa shape index (κ3) is 3.49. The molecule has 0 spiro atoms. The summed E-state index contributed by atoms with van der Waals surface area (Å²) >= 11 is 0. The van der Waals surface area contributed by atoms with E-state index < -0.39 is 37.3 Å². The van der Waals surface area contributed by atoms with Crippen molar-refractivity contribution in [2.45, 2.75) is 37.1 Å². The van der Waals surface area contributed by atoms with Gasteiger partial charge in [0.1, 0.15) is 24.4 Å². The maximum atomic E-state index is 9.91. The number of hydrogen-bond acceptors (Lipinski definition) is 8. The van der Waals surface area contributed by atoms with Gasteiger partial charge < -0.3 is 40.7 Å². The van der Waals surface area contributed by atoms with Gasteiger partial charge in [0.05, 0.1) is 6.61 Å². The molecule has 22 heavy (non-hydrogen) atoms. The average Bonchev–Trinajstić information content (AvgIpc) is 2.50. The number of nitrogens with two attached hydrogens (primary N) is 1. The van der Waals surface area contributed by atoms with Gasteiger partial charge >= 0.3 is 0 Å². The molecule has 0 radical (unpaired) electrons. The van der Waals surface area contributed by atoms with Crippen LogP contribution in [-0.4, -0.2) is 69.4 Å². The van der Waals surface area contributed by atoms with Crippen LogP contribution in [0.2, 0.25) is 0 Å². The molecular weight excluding hydrogens is 294 g/mol. The molecule has 2 rings (SSSR count). The summed E-state index contributed by atoms with van der Waals surface area (Å²) in [6.07, 6.45) is -6.33. The Hall–Kier alpha value is -1.42. The Kier molecular flexibility index (Phi) is 5.57. The fourth-order valence-electron chi connectivity index (χ4n) is 2.27. The van der Waals surface area contributed by atoms with Crippen molar-refractivity contribution in [3.8, 4) is 11.5 Å². The van der Waals surface area contributed by atoms with Crippen LogP contribution in [0.4, 0.5) is 0 Å². The van der Waals surface area contributed by atoms with Crippen LogP contribution in [0.5, 0.6) is 11.5 Å². The van der Waals surface area contributed by atoms with Gasteiger partial charge in [-0.15, -0.1) is 0 Å². The molecule has 0 unspecified atom stereocenters. The number of rotatable bonds is 5. The average molecular weight is 315 g/mol. The van der Waals surface area contributed by atoms with Crippen LogP contribution in [0.25, 0.3) is 0 Å². The van der Waals surface area contributed by atoms with E-state index in [0.717, 1.165) is 5.56 Å². The molecule has 1 aliphatic rings. The predicted molar refractivity (Wildman–Crippen MR) is 75.3 cm³/mol. The van der Waals surface area contributed by atoms with Gasteiger partial charge in [0.15, 0.2) is 11.5 Å². The molecule has 8 heteroatoms. The van der Waals surface area contributed by atoms with Gasteiger partial charge in [-0.1, -0.05) is 6.07 Å². The summed E-state index contributed by atoms with van der Waals surface area (Å²) in [6, 6.07) is 4.67. The first-order chi connectivity index (χ1) is 10.5. The van der Waals surface area contributed by atoms with Crippen LogP contribution < -0.4 is 10.5 Å². The van der Waals surface area contributed by atoms with Crippen LogP contribution in [0, 0.1) is 0 Å². The minimum Gasteiger partial charge on any atom is -0.504 e. The van der Waals surface area contributed by atoms with Crippen LogP contribution in [0.1, 0.15) is 5.56 Å². The highest BCUT2D eigenvalue weighted by Crippen LogP contribution is 2.31. The van der Waals surface area contributed by atoms with Gasteiger partial charge in [-0.2, -0.15) is 0 Å². The minimum atomic E-state index is -1.53. The Morgan fingerprint density at radius 3 is 2.45 bits per heavy atom. The highest BCUT2D eigenvalue weighted by molar-refractivity contribution is 5.42. The smallest absolute Gasteiger partial charge is 0.229 e. The molecule has 0 saturated carbocycles. The van der Waals surface area contributed by atoms with Gasteiger partial charge in [-0.3, -0.25) is 0 Å². The Balaban J connectivity index is 2.12. The van der Waals surface area contributed by atoms with Gasteiger partial charge in [0.2, 0.25) is 6.29 Å². The minimum absolute atomic E-state index is 0.0464. The van der Waals surface area contributed by atoms with E-state index in [1.54, 1.807) is 6.07 Å². The Bertz CT molecular complexity index is 496. The first-order valence-corrected chi connectivity index (χ1v) is 6.97. The molecule has 124 valence electrons. The van der Waals surface area contributed by atoms with Gasteiger partial charge in [-0.25, -0.2) is 0 Å². The molecule has 8 nitrogen and oxygen atoms in total. The Labute approximate surface area is 127 Å². The highest BCUT2D eigenvalue weighted by atomic mass is 16.7. The van der Waals surface area contributed by atoms with Crippen molar-refractivity contribution in [3.05, 3.63) is 23.8 Å². The molecule has 1 aromatic carbocycles. The highest BCUT2D eigenvalue weighted by Gasteiger charge is 2.44. The van der Waals surface area contributed by atoms with Crippen molar-refractivity contribution >= 4 is 0 Å². The lowest BCUT2D eigenvalue weighted by molar-refractivity contribution is -0.277. The summed E-state index contributed by atoms with van der Waals surface area (Å²) < 4.78 is 10.6. The zero-order valence-corrected chi connectivity index (χ0v) is 11.9. The number of phenolic OH excluding ortho intramolecular Hbond substituents is 1. The second-order valence-corrected chi connectivity index (χ2v) is 5.16. The Morgan fingerprint density at radius 1 is 1.14 bits per heavy atom. The lowest BCUT2D eigenvalue weighted by Gasteiger charge is -2.39. The maximum absolute atomic E-state index is 9.91. The standard InChI is InChI=1S/C14H21NO7/c15-4-3-7-1-2-9(8(17)5-7)21-14-13(20)12(19)11(18)10(6-16)22-14/h1-2,5,10-14,16-20H,3-4,6,15H2/t10-,11-,12+,13-,14+/m1/s1. The SMILES string of the molecule is NCCc1ccc(O[C@H]2O[C@H](CO)[C@@H](O)[C@H](O)[C@H]2O)c(O)c1. The number of aliphatic hydroxyl groups is 4. The molecule has 1 fully saturated rings. The second-order valence-electron chi connectivity index (χ2n) is 5.16. The molecule has 1 heterocycles. The largest absolute Gasteiger partial charge is 0.504 e. The summed E-state index contributed by atoms with van der Waals surface area (Å²) in [5.41, 5.74) is 6.25. The van der Waals surface area contributed by atoms with Crippen molar-refractivity contribution in [2.24, 2.45) is 5.73 Å². The van der Waals surface area contributed by atoms with E-state index >= 15 is 0 Å². The number of aromatic hydroxyl groups is 1. The van der Waals surface area contributed by atoms with Gasteiger partial charge in [0, 0.05) is 0 Å². The van der Waals surface area contributed by atoms with Crippen LogP contribution in [0.15, 0.2) is 18.2 Å². The molecule has 1 saturated heterocycles. The fraction of sp³-hybridized carbons (Fsp3) is 0.571. The molecule has 5 atom stereocenters. The molecule has 1 aliphatic heterocycles. The van der Waals surface area contributed by atoms with Crippen LogP contribution in [-0.2, 0) is 11.2 Å². The molecule has 0 aromatic heterocycles. The molecule has 0 aliphatic carbocycles. The monoisotopic (exact) mass is 315 g/mol.